The number of anilines is 2. The number of nitrogens with zero attached hydrogens (tertiary/aromatic N) is 1. The Kier molecular flexibility index (Phi) is 7.35. The Hall–Kier alpha value is -2.84. The highest BCUT2D eigenvalue weighted by Crippen LogP contribution is 2.27. The summed E-state index contributed by atoms with van der Waals surface area (Å²) in [6.45, 7) is 5.56. The molecule has 0 bridgehead atoms. The molecule has 2 aromatic carbocycles. The van der Waals surface area contributed by atoms with E-state index in [4.69, 9.17) is 0 Å². The molecule has 1 atom stereocenters. The van der Waals surface area contributed by atoms with Crippen LogP contribution in [-0.2, 0) is 32.2 Å². The van der Waals surface area contributed by atoms with Crippen LogP contribution in [0.3, 0.4) is 0 Å². The van der Waals surface area contributed by atoms with Gasteiger partial charge in [0.1, 0.15) is 0 Å². The maximum atomic E-state index is 12.7. The van der Waals surface area contributed by atoms with Crippen molar-refractivity contribution in [1.29, 1.82) is 0 Å². The predicted octanol–water partition coefficient (Wildman–Crippen LogP) is 4.37. The van der Waals surface area contributed by atoms with E-state index in [1.54, 1.807) is 35.8 Å². The standard InChI is InChI=1S/C23H25N3O3S2/c1-4-31(29)19-11-5-16(6-12-19)15-20(27)25-18-9-7-17(8-10-18)23(2,3)21(28)26-22-24-13-14-30-22/h5-14H,4,15H2,1-3H3,(H,25,27)(H,24,26,28). The van der Waals surface area contributed by atoms with Crippen LogP contribution in [0.2, 0.25) is 0 Å². The van der Waals surface area contributed by atoms with Crippen LogP contribution in [0.4, 0.5) is 10.8 Å². The molecule has 0 saturated carbocycles. The summed E-state index contributed by atoms with van der Waals surface area (Å²) in [5.41, 5.74) is 1.59. The van der Waals surface area contributed by atoms with E-state index in [1.807, 2.05) is 45.0 Å². The molecule has 2 N–H and O–H groups in total. The third kappa shape index (κ3) is 5.86. The van der Waals surface area contributed by atoms with Crippen molar-refractivity contribution in [3.05, 3.63) is 71.2 Å². The molecule has 2 amide bonds. The van der Waals surface area contributed by atoms with Gasteiger partial charge >= 0.3 is 0 Å². The molecule has 1 heterocycles. The molecule has 162 valence electrons. The molecule has 8 heteroatoms. The molecule has 0 aliphatic rings. The number of carbonyl (C=O) groups excluding carboxylic acids is 2. The minimum atomic E-state index is -0.998. The van der Waals surface area contributed by atoms with Gasteiger partial charge in [-0.15, -0.1) is 11.3 Å². The minimum Gasteiger partial charge on any atom is -0.326 e. The van der Waals surface area contributed by atoms with Gasteiger partial charge in [0.25, 0.3) is 0 Å². The number of carbonyl (C=O) groups is 2. The van der Waals surface area contributed by atoms with Gasteiger partial charge in [-0.25, -0.2) is 4.98 Å². The Labute approximate surface area is 188 Å². The molecule has 1 aromatic heterocycles. The predicted molar refractivity (Wildman–Crippen MR) is 126 cm³/mol. The van der Waals surface area contributed by atoms with Crippen molar-refractivity contribution in [2.75, 3.05) is 16.4 Å². The fourth-order valence-corrected chi connectivity index (χ4v) is 4.25. The number of nitrogens with one attached hydrogen (secondary N) is 2. The lowest BCUT2D eigenvalue weighted by atomic mass is 9.83. The molecule has 0 aliphatic heterocycles. The van der Waals surface area contributed by atoms with E-state index in [0.717, 1.165) is 16.0 Å². The van der Waals surface area contributed by atoms with E-state index in [1.165, 1.54) is 11.3 Å². The van der Waals surface area contributed by atoms with Gasteiger partial charge in [0.15, 0.2) is 5.13 Å². The summed E-state index contributed by atoms with van der Waals surface area (Å²) < 4.78 is 11.8. The van der Waals surface area contributed by atoms with Gasteiger partial charge in [0.2, 0.25) is 11.8 Å². The molecule has 0 spiro atoms. The van der Waals surface area contributed by atoms with Gasteiger partial charge in [-0.05, 0) is 49.2 Å². The number of thiazole rings is 1. The average Bonchev–Trinajstić information content (AvgIpc) is 3.27. The molecule has 0 aliphatic carbocycles. The molecular formula is C23H25N3O3S2. The summed E-state index contributed by atoms with van der Waals surface area (Å²) >= 11 is 1.37. The van der Waals surface area contributed by atoms with E-state index in [2.05, 4.69) is 15.6 Å². The molecule has 0 fully saturated rings. The van der Waals surface area contributed by atoms with Gasteiger partial charge in [-0.2, -0.15) is 0 Å². The number of aromatic nitrogens is 1. The summed E-state index contributed by atoms with van der Waals surface area (Å²) in [5, 5.41) is 8.08. The zero-order valence-corrected chi connectivity index (χ0v) is 19.3. The third-order valence-corrected chi connectivity index (χ3v) is 6.93. The summed E-state index contributed by atoms with van der Waals surface area (Å²) in [7, 11) is -0.998. The van der Waals surface area contributed by atoms with Crippen molar-refractivity contribution in [2.24, 2.45) is 0 Å². The summed E-state index contributed by atoms with van der Waals surface area (Å²) in [6.07, 6.45) is 1.87. The molecule has 1 unspecified atom stereocenters. The van der Waals surface area contributed by atoms with Crippen molar-refractivity contribution in [1.82, 2.24) is 4.98 Å². The highest BCUT2D eigenvalue weighted by molar-refractivity contribution is 7.85. The van der Waals surface area contributed by atoms with Crippen LogP contribution in [0.25, 0.3) is 0 Å². The zero-order chi connectivity index (χ0) is 22.4. The first-order chi connectivity index (χ1) is 14.8. The molecule has 6 nitrogen and oxygen atoms in total. The Bertz CT molecular complexity index is 1060. The molecular weight excluding hydrogens is 430 g/mol. The van der Waals surface area contributed by atoms with Gasteiger partial charge in [0, 0.05) is 27.9 Å². The highest BCUT2D eigenvalue weighted by Gasteiger charge is 2.30. The lowest BCUT2D eigenvalue weighted by Crippen LogP contribution is -2.34. The van der Waals surface area contributed by atoms with E-state index in [-0.39, 0.29) is 18.2 Å². The van der Waals surface area contributed by atoms with Gasteiger partial charge < -0.3 is 10.6 Å². The molecule has 31 heavy (non-hydrogen) atoms. The highest BCUT2D eigenvalue weighted by atomic mass is 32.2. The van der Waals surface area contributed by atoms with Crippen LogP contribution in [0.5, 0.6) is 0 Å². The Morgan fingerprint density at radius 3 is 2.29 bits per heavy atom. The van der Waals surface area contributed by atoms with Crippen molar-refractivity contribution in [3.8, 4) is 0 Å². The first-order valence-electron chi connectivity index (χ1n) is 9.88. The Balaban J connectivity index is 1.60. The number of amides is 2. The number of hydrogen-bond donors (Lipinski definition) is 2. The first kappa shape index (κ1) is 22.8. The second-order valence-electron chi connectivity index (χ2n) is 7.50. The van der Waals surface area contributed by atoms with Gasteiger partial charge in [-0.1, -0.05) is 31.2 Å². The smallest absolute Gasteiger partial charge is 0.236 e. The summed E-state index contributed by atoms with van der Waals surface area (Å²) in [5.74, 6) is 0.281. The van der Waals surface area contributed by atoms with Crippen molar-refractivity contribution < 1.29 is 13.8 Å². The van der Waals surface area contributed by atoms with Crippen LogP contribution < -0.4 is 10.6 Å². The quantitative estimate of drug-likeness (QED) is 0.528. The lowest BCUT2D eigenvalue weighted by molar-refractivity contribution is -0.120. The summed E-state index contributed by atoms with van der Waals surface area (Å²) in [4.78, 5) is 29.9. The lowest BCUT2D eigenvalue weighted by Gasteiger charge is -2.23. The zero-order valence-electron chi connectivity index (χ0n) is 17.7. The Morgan fingerprint density at radius 2 is 1.71 bits per heavy atom. The fraction of sp³-hybridized carbons (Fsp3) is 0.261. The molecule has 0 radical (unpaired) electrons. The average molecular weight is 456 g/mol. The van der Waals surface area contributed by atoms with Gasteiger partial charge in [0.05, 0.1) is 22.6 Å². The topological polar surface area (TPSA) is 88.2 Å². The third-order valence-electron chi connectivity index (χ3n) is 4.92. The second-order valence-corrected chi connectivity index (χ2v) is 10.1. The molecule has 3 aromatic rings. The molecule has 3 rings (SSSR count). The van der Waals surface area contributed by atoms with Crippen molar-refractivity contribution >= 4 is 44.8 Å². The maximum Gasteiger partial charge on any atom is 0.236 e. The largest absolute Gasteiger partial charge is 0.326 e. The van der Waals surface area contributed by atoms with E-state index < -0.39 is 16.2 Å². The minimum absolute atomic E-state index is 0.141. The van der Waals surface area contributed by atoms with Gasteiger partial charge in [-0.3, -0.25) is 13.8 Å². The number of benzene rings is 2. The van der Waals surface area contributed by atoms with Crippen LogP contribution in [0.1, 0.15) is 31.9 Å². The Morgan fingerprint density at radius 1 is 1.03 bits per heavy atom. The van der Waals surface area contributed by atoms with Crippen LogP contribution in [0.15, 0.2) is 65.0 Å². The fourth-order valence-electron chi connectivity index (χ4n) is 2.96. The number of hydrogen-bond acceptors (Lipinski definition) is 5. The number of rotatable bonds is 8. The van der Waals surface area contributed by atoms with Crippen LogP contribution in [-0.4, -0.2) is 26.8 Å². The van der Waals surface area contributed by atoms with E-state index in [9.17, 15) is 13.8 Å². The van der Waals surface area contributed by atoms with E-state index in [0.29, 0.717) is 16.6 Å². The first-order valence-corrected chi connectivity index (χ1v) is 12.1. The second kappa shape index (κ2) is 9.98. The summed E-state index contributed by atoms with van der Waals surface area (Å²) in [6, 6.07) is 14.5. The van der Waals surface area contributed by atoms with Crippen LogP contribution in [0, 0.1) is 0 Å². The van der Waals surface area contributed by atoms with E-state index >= 15 is 0 Å². The van der Waals surface area contributed by atoms with Crippen LogP contribution >= 0.6 is 11.3 Å². The monoisotopic (exact) mass is 455 g/mol. The SMILES string of the molecule is CCS(=O)c1ccc(CC(=O)Nc2ccc(C(C)(C)C(=O)Nc3nccs3)cc2)cc1. The van der Waals surface area contributed by atoms with Crippen molar-refractivity contribution in [2.45, 2.75) is 37.5 Å². The van der Waals surface area contributed by atoms with Crippen molar-refractivity contribution in [3.63, 3.8) is 0 Å². The molecule has 0 saturated heterocycles. The maximum absolute atomic E-state index is 12.7. The normalized spacial score (nSPS) is 12.2.